The van der Waals surface area contributed by atoms with Crippen LogP contribution in [0.1, 0.15) is 17.3 Å². The molecule has 0 atom stereocenters. The summed E-state index contributed by atoms with van der Waals surface area (Å²) in [5, 5.41) is 17.6. The van der Waals surface area contributed by atoms with Crippen LogP contribution in [0.3, 0.4) is 0 Å². The molecule has 0 bridgehead atoms. The van der Waals surface area contributed by atoms with Crippen LogP contribution in [-0.2, 0) is 0 Å². The van der Waals surface area contributed by atoms with E-state index >= 15 is 0 Å². The Morgan fingerprint density at radius 1 is 1.11 bits per heavy atom. The van der Waals surface area contributed by atoms with Gasteiger partial charge in [0.1, 0.15) is 5.58 Å². The number of carbonyl (C=O) groups excluding carboxylic acids is 1. The number of anilines is 1. The molecule has 36 heavy (non-hydrogen) atoms. The predicted molar refractivity (Wildman–Crippen MR) is 141 cm³/mol. The van der Waals surface area contributed by atoms with E-state index in [0.717, 1.165) is 11.5 Å². The standard InChI is InChI=1S/C25H18ClN3O6S/c1-2-34-22-10-7-15(12-20(22)29(32)33)23(30)28-25(36)27-16-8-9-17(19(26)13-16)18-11-14-5-3-4-6-21(14)35-24(18)31/h3-13H,2H2,1H3,(H2,27,28,30,36). The fourth-order valence-electron chi connectivity index (χ4n) is 3.48. The van der Waals surface area contributed by atoms with Gasteiger partial charge in [-0.3, -0.25) is 20.2 Å². The third kappa shape index (κ3) is 5.35. The Bertz CT molecular complexity index is 1570. The molecule has 1 aromatic heterocycles. The molecule has 1 heterocycles. The molecule has 4 aromatic rings. The quantitative estimate of drug-likeness (QED) is 0.146. The third-order valence-corrected chi connectivity index (χ3v) is 5.62. The number of rotatable bonds is 6. The van der Waals surface area contributed by atoms with Crippen LogP contribution in [0.4, 0.5) is 11.4 Å². The van der Waals surface area contributed by atoms with Crippen LogP contribution >= 0.6 is 23.8 Å². The fourth-order valence-corrected chi connectivity index (χ4v) is 3.97. The number of amides is 1. The van der Waals surface area contributed by atoms with Crippen molar-refractivity contribution in [1.29, 1.82) is 0 Å². The lowest BCUT2D eigenvalue weighted by atomic mass is 10.1. The molecule has 2 N–H and O–H groups in total. The van der Waals surface area contributed by atoms with Crippen molar-refractivity contribution < 1.29 is 18.9 Å². The van der Waals surface area contributed by atoms with Crippen molar-refractivity contribution in [2.24, 2.45) is 0 Å². The Morgan fingerprint density at radius 2 is 1.89 bits per heavy atom. The van der Waals surface area contributed by atoms with Crippen LogP contribution in [0.5, 0.6) is 5.75 Å². The lowest BCUT2D eigenvalue weighted by molar-refractivity contribution is -0.385. The summed E-state index contributed by atoms with van der Waals surface area (Å²) in [5.41, 5.74) is 0.881. The molecule has 0 saturated heterocycles. The number of nitrogens with one attached hydrogen (secondary N) is 2. The Kier molecular flexibility index (Phi) is 7.28. The maximum atomic E-state index is 12.6. The van der Waals surface area contributed by atoms with Gasteiger partial charge in [-0.1, -0.05) is 35.9 Å². The maximum Gasteiger partial charge on any atom is 0.344 e. The van der Waals surface area contributed by atoms with Gasteiger partial charge in [0.2, 0.25) is 0 Å². The van der Waals surface area contributed by atoms with Crippen LogP contribution in [0, 0.1) is 10.1 Å². The summed E-state index contributed by atoms with van der Waals surface area (Å²) < 4.78 is 10.6. The van der Waals surface area contributed by atoms with E-state index in [1.54, 1.807) is 43.3 Å². The SMILES string of the molecule is CCOc1ccc(C(=O)NC(=S)Nc2ccc(-c3cc4ccccc4oc3=O)c(Cl)c2)cc1[N+](=O)[O-]. The normalized spacial score (nSPS) is 10.6. The summed E-state index contributed by atoms with van der Waals surface area (Å²) >= 11 is 11.6. The number of para-hydroxylation sites is 1. The van der Waals surface area contributed by atoms with E-state index in [-0.39, 0.29) is 33.7 Å². The second kappa shape index (κ2) is 10.5. The Morgan fingerprint density at radius 3 is 2.61 bits per heavy atom. The lowest BCUT2D eigenvalue weighted by Gasteiger charge is -2.12. The highest BCUT2D eigenvalue weighted by molar-refractivity contribution is 7.80. The average Bonchev–Trinajstić information content (AvgIpc) is 2.84. The van der Waals surface area contributed by atoms with Crippen molar-refractivity contribution in [3.8, 4) is 16.9 Å². The van der Waals surface area contributed by atoms with Crippen LogP contribution in [0.2, 0.25) is 5.02 Å². The van der Waals surface area contributed by atoms with Crippen molar-refractivity contribution in [1.82, 2.24) is 5.32 Å². The Labute approximate surface area is 214 Å². The Hall–Kier alpha value is -4.28. The first kappa shape index (κ1) is 24.8. The predicted octanol–water partition coefficient (Wildman–Crippen LogP) is 5.55. The van der Waals surface area contributed by atoms with Gasteiger partial charge in [-0.2, -0.15) is 0 Å². The highest BCUT2D eigenvalue weighted by atomic mass is 35.5. The molecule has 1 amide bonds. The molecule has 9 nitrogen and oxygen atoms in total. The molecule has 0 aliphatic carbocycles. The first-order chi connectivity index (χ1) is 17.3. The highest BCUT2D eigenvalue weighted by Crippen LogP contribution is 2.30. The van der Waals surface area contributed by atoms with E-state index in [0.29, 0.717) is 22.4 Å². The van der Waals surface area contributed by atoms with Gasteiger partial charge in [-0.25, -0.2) is 4.79 Å². The zero-order chi connectivity index (χ0) is 25.8. The molecular formula is C25H18ClN3O6S. The minimum atomic E-state index is -0.643. The highest BCUT2D eigenvalue weighted by Gasteiger charge is 2.19. The number of ether oxygens (including phenoxy) is 1. The number of hydrogen-bond acceptors (Lipinski definition) is 7. The molecule has 0 aliphatic heterocycles. The molecule has 0 fully saturated rings. The van der Waals surface area contributed by atoms with Gasteiger partial charge in [-0.15, -0.1) is 0 Å². The fraction of sp³-hybridized carbons (Fsp3) is 0.0800. The van der Waals surface area contributed by atoms with Gasteiger partial charge >= 0.3 is 11.3 Å². The van der Waals surface area contributed by atoms with Gasteiger partial charge in [0.05, 0.1) is 22.1 Å². The lowest BCUT2D eigenvalue weighted by Crippen LogP contribution is -2.34. The summed E-state index contributed by atoms with van der Waals surface area (Å²) in [5.74, 6) is -0.579. The molecule has 182 valence electrons. The summed E-state index contributed by atoms with van der Waals surface area (Å²) in [6, 6.07) is 17.5. The Balaban J connectivity index is 1.49. The van der Waals surface area contributed by atoms with Gasteiger partial charge in [0, 0.05) is 28.3 Å². The summed E-state index contributed by atoms with van der Waals surface area (Å²) in [6.07, 6.45) is 0. The monoisotopic (exact) mass is 523 g/mol. The molecule has 4 rings (SSSR count). The molecule has 0 unspecified atom stereocenters. The maximum absolute atomic E-state index is 12.6. The van der Waals surface area contributed by atoms with E-state index in [4.69, 9.17) is 33.0 Å². The van der Waals surface area contributed by atoms with Crippen LogP contribution in [0.15, 0.2) is 75.9 Å². The number of halogens is 1. The number of nitrogens with zero attached hydrogens (tertiary/aromatic N) is 1. The first-order valence-corrected chi connectivity index (χ1v) is 11.4. The smallest absolute Gasteiger partial charge is 0.344 e. The van der Waals surface area contributed by atoms with Gasteiger partial charge in [0.25, 0.3) is 5.91 Å². The molecule has 0 spiro atoms. The zero-order valence-electron chi connectivity index (χ0n) is 18.7. The van der Waals surface area contributed by atoms with Crippen molar-refractivity contribution in [2.75, 3.05) is 11.9 Å². The molecular weight excluding hydrogens is 506 g/mol. The number of nitro benzene ring substituents is 1. The largest absolute Gasteiger partial charge is 0.487 e. The third-order valence-electron chi connectivity index (χ3n) is 5.10. The van der Waals surface area contributed by atoms with E-state index in [1.807, 2.05) is 12.1 Å². The number of carbonyl (C=O) groups is 1. The zero-order valence-corrected chi connectivity index (χ0v) is 20.3. The minimum absolute atomic E-state index is 0.0331. The number of hydrogen-bond donors (Lipinski definition) is 2. The van der Waals surface area contributed by atoms with Crippen LogP contribution < -0.4 is 21.0 Å². The van der Waals surface area contributed by atoms with Crippen molar-refractivity contribution >= 4 is 57.2 Å². The summed E-state index contributed by atoms with van der Waals surface area (Å²) in [4.78, 5) is 35.7. The number of fused-ring (bicyclic) bond motifs is 1. The van der Waals surface area contributed by atoms with E-state index in [9.17, 15) is 19.7 Å². The van der Waals surface area contributed by atoms with E-state index in [2.05, 4.69) is 10.6 Å². The topological polar surface area (TPSA) is 124 Å². The van der Waals surface area contributed by atoms with Gasteiger partial charge < -0.3 is 14.5 Å². The minimum Gasteiger partial charge on any atom is -0.487 e. The van der Waals surface area contributed by atoms with Gasteiger partial charge in [0.15, 0.2) is 10.9 Å². The van der Waals surface area contributed by atoms with Crippen LogP contribution in [0.25, 0.3) is 22.1 Å². The van der Waals surface area contributed by atoms with E-state index < -0.39 is 16.5 Å². The number of benzene rings is 3. The van der Waals surface area contributed by atoms with E-state index in [1.165, 1.54) is 12.1 Å². The number of thiocarbonyl (C=S) groups is 1. The average molecular weight is 524 g/mol. The molecule has 3 aromatic carbocycles. The first-order valence-electron chi connectivity index (χ1n) is 10.6. The summed E-state index contributed by atoms with van der Waals surface area (Å²) in [7, 11) is 0. The van der Waals surface area contributed by atoms with Crippen molar-refractivity contribution in [3.05, 3.63) is 97.9 Å². The summed E-state index contributed by atoms with van der Waals surface area (Å²) in [6.45, 7) is 1.94. The van der Waals surface area contributed by atoms with Crippen LogP contribution in [-0.4, -0.2) is 22.5 Å². The molecule has 0 saturated carbocycles. The van der Waals surface area contributed by atoms with Gasteiger partial charge in [-0.05, 0) is 55.5 Å². The van der Waals surface area contributed by atoms with Crippen molar-refractivity contribution in [3.63, 3.8) is 0 Å². The second-order valence-electron chi connectivity index (χ2n) is 7.46. The molecule has 11 heteroatoms. The number of nitro groups is 1. The molecule has 0 radical (unpaired) electrons. The molecule has 0 aliphatic rings. The van der Waals surface area contributed by atoms with Crippen molar-refractivity contribution in [2.45, 2.75) is 6.92 Å². The second-order valence-corrected chi connectivity index (χ2v) is 8.28.